The Morgan fingerprint density at radius 3 is 2.86 bits per heavy atom. The Balaban J connectivity index is 1.73. The SMILES string of the molecule is Cc1c([C@H](C)NC(=O)c2csc(-c3ccsc3)n2)cnn1C. The lowest BCUT2D eigenvalue weighted by molar-refractivity contribution is 0.0935. The molecule has 0 radical (unpaired) electrons. The van der Waals surface area contributed by atoms with Crippen LogP contribution < -0.4 is 5.32 Å². The molecule has 1 amide bonds. The van der Waals surface area contributed by atoms with E-state index in [0.29, 0.717) is 5.69 Å². The fourth-order valence-corrected chi connectivity index (χ4v) is 3.70. The van der Waals surface area contributed by atoms with Crippen molar-refractivity contribution in [1.29, 1.82) is 0 Å². The molecule has 0 bridgehead atoms. The molecular formula is C15H16N4OS2. The molecule has 0 spiro atoms. The molecule has 0 unspecified atom stereocenters. The first-order valence-corrected chi connectivity index (χ1v) is 8.66. The summed E-state index contributed by atoms with van der Waals surface area (Å²) >= 11 is 3.10. The van der Waals surface area contributed by atoms with Crippen molar-refractivity contribution in [1.82, 2.24) is 20.1 Å². The maximum absolute atomic E-state index is 12.3. The summed E-state index contributed by atoms with van der Waals surface area (Å²) in [6, 6.07) is 1.90. The van der Waals surface area contributed by atoms with Crippen LogP contribution in [0, 0.1) is 6.92 Å². The zero-order valence-electron chi connectivity index (χ0n) is 12.5. The Morgan fingerprint density at radius 1 is 1.41 bits per heavy atom. The Morgan fingerprint density at radius 2 is 2.23 bits per heavy atom. The van der Waals surface area contributed by atoms with Crippen LogP contribution in [-0.4, -0.2) is 20.7 Å². The fraction of sp³-hybridized carbons (Fsp3) is 0.267. The van der Waals surface area contributed by atoms with Gasteiger partial charge in [-0.05, 0) is 25.3 Å². The Bertz CT molecular complexity index is 788. The third-order valence-electron chi connectivity index (χ3n) is 3.59. The van der Waals surface area contributed by atoms with E-state index in [1.54, 1.807) is 27.6 Å². The van der Waals surface area contributed by atoms with Crippen LogP contribution in [0.5, 0.6) is 0 Å². The van der Waals surface area contributed by atoms with Gasteiger partial charge in [-0.1, -0.05) is 0 Å². The molecule has 3 heterocycles. The van der Waals surface area contributed by atoms with Crippen LogP contribution in [0.25, 0.3) is 10.6 Å². The fourth-order valence-electron chi connectivity index (χ4n) is 2.19. The molecule has 114 valence electrons. The molecule has 3 rings (SSSR count). The van der Waals surface area contributed by atoms with Gasteiger partial charge in [-0.25, -0.2) is 4.98 Å². The summed E-state index contributed by atoms with van der Waals surface area (Å²) in [5.41, 5.74) is 3.58. The van der Waals surface area contributed by atoms with E-state index < -0.39 is 0 Å². The molecule has 3 aromatic heterocycles. The first kappa shape index (κ1) is 14.9. The van der Waals surface area contributed by atoms with Crippen LogP contribution in [-0.2, 0) is 7.05 Å². The van der Waals surface area contributed by atoms with Crippen LogP contribution in [0.4, 0.5) is 0 Å². The second kappa shape index (κ2) is 6.02. The second-order valence-corrected chi connectivity index (χ2v) is 6.69. The van der Waals surface area contributed by atoms with E-state index >= 15 is 0 Å². The minimum absolute atomic E-state index is 0.104. The molecule has 22 heavy (non-hydrogen) atoms. The van der Waals surface area contributed by atoms with Crippen molar-refractivity contribution in [2.24, 2.45) is 7.05 Å². The molecule has 0 aliphatic heterocycles. The number of nitrogens with zero attached hydrogens (tertiary/aromatic N) is 3. The Hall–Kier alpha value is -1.99. The molecule has 1 N–H and O–H groups in total. The van der Waals surface area contributed by atoms with Gasteiger partial charge in [0.2, 0.25) is 0 Å². The van der Waals surface area contributed by atoms with Crippen LogP contribution in [0.1, 0.15) is 34.7 Å². The maximum Gasteiger partial charge on any atom is 0.271 e. The number of carbonyl (C=O) groups excluding carboxylic acids is 1. The summed E-state index contributed by atoms with van der Waals surface area (Å²) in [7, 11) is 1.89. The van der Waals surface area contributed by atoms with Gasteiger partial charge in [-0.3, -0.25) is 9.48 Å². The van der Waals surface area contributed by atoms with Crippen LogP contribution in [0.2, 0.25) is 0 Å². The summed E-state index contributed by atoms with van der Waals surface area (Å²) in [4.78, 5) is 16.8. The largest absolute Gasteiger partial charge is 0.344 e. The van der Waals surface area contributed by atoms with E-state index in [9.17, 15) is 4.79 Å². The highest BCUT2D eigenvalue weighted by Gasteiger charge is 2.18. The number of thiazole rings is 1. The molecule has 0 saturated heterocycles. The predicted molar refractivity (Wildman–Crippen MR) is 89.3 cm³/mol. The smallest absolute Gasteiger partial charge is 0.271 e. The van der Waals surface area contributed by atoms with Crippen LogP contribution >= 0.6 is 22.7 Å². The van der Waals surface area contributed by atoms with E-state index in [0.717, 1.165) is 21.8 Å². The number of amides is 1. The summed E-state index contributed by atoms with van der Waals surface area (Å²) in [5, 5.41) is 13.9. The van der Waals surface area contributed by atoms with Crippen molar-refractivity contribution in [3.05, 3.63) is 45.4 Å². The molecule has 0 aromatic carbocycles. The zero-order valence-corrected chi connectivity index (χ0v) is 14.2. The number of nitrogens with one attached hydrogen (secondary N) is 1. The van der Waals surface area contributed by atoms with Crippen molar-refractivity contribution < 1.29 is 4.79 Å². The van der Waals surface area contributed by atoms with E-state index in [4.69, 9.17) is 0 Å². The second-order valence-electron chi connectivity index (χ2n) is 5.05. The highest BCUT2D eigenvalue weighted by molar-refractivity contribution is 7.14. The first-order valence-electron chi connectivity index (χ1n) is 6.83. The Labute approximate surface area is 136 Å². The zero-order chi connectivity index (χ0) is 15.7. The molecular weight excluding hydrogens is 316 g/mol. The number of rotatable bonds is 4. The van der Waals surface area contributed by atoms with Gasteiger partial charge >= 0.3 is 0 Å². The Kier molecular flexibility index (Phi) is 4.08. The highest BCUT2D eigenvalue weighted by Crippen LogP contribution is 2.26. The van der Waals surface area contributed by atoms with Crippen LogP contribution in [0.15, 0.2) is 28.4 Å². The normalized spacial score (nSPS) is 12.3. The molecule has 0 saturated carbocycles. The molecule has 7 heteroatoms. The lowest BCUT2D eigenvalue weighted by Crippen LogP contribution is -2.27. The molecule has 0 aliphatic rings. The third-order valence-corrected chi connectivity index (χ3v) is 5.17. The van der Waals surface area contributed by atoms with Gasteiger partial charge in [-0.15, -0.1) is 11.3 Å². The van der Waals surface area contributed by atoms with Gasteiger partial charge in [0, 0.05) is 34.6 Å². The molecule has 0 aliphatic carbocycles. The number of carbonyl (C=O) groups is 1. The predicted octanol–water partition coefficient (Wildman–Crippen LogP) is 3.40. The number of hydrogen-bond donors (Lipinski definition) is 1. The van der Waals surface area contributed by atoms with Gasteiger partial charge in [-0.2, -0.15) is 16.4 Å². The number of thiophene rings is 1. The topological polar surface area (TPSA) is 59.8 Å². The average Bonchev–Trinajstić information content (AvgIpc) is 3.21. The van der Waals surface area contributed by atoms with E-state index in [1.807, 2.05) is 37.7 Å². The monoisotopic (exact) mass is 332 g/mol. The molecule has 1 atom stereocenters. The lowest BCUT2D eigenvalue weighted by Gasteiger charge is -2.12. The van der Waals surface area contributed by atoms with Crippen molar-refractivity contribution in [3.8, 4) is 10.6 Å². The van der Waals surface area contributed by atoms with Crippen molar-refractivity contribution >= 4 is 28.6 Å². The molecule has 3 aromatic rings. The minimum atomic E-state index is -0.159. The summed E-state index contributed by atoms with van der Waals surface area (Å²) in [6.07, 6.45) is 1.79. The minimum Gasteiger partial charge on any atom is -0.344 e. The van der Waals surface area contributed by atoms with Gasteiger partial charge in [0.1, 0.15) is 10.7 Å². The quantitative estimate of drug-likeness (QED) is 0.796. The average molecular weight is 332 g/mol. The number of aromatic nitrogens is 3. The number of aryl methyl sites for hydroxylation is 1. The standard InChI is InChI=1S/C15H16N4OS2/c1-9(12-6-16-19(3)10(12)2)17-14(20)13-8-22-15(18-13)11-4-5-21-7-11/h4-9H,1-3H3,(H,17,20)/t9-/m0/s1. The van der Waals surface area contributed by atoms with Crippen LogP contribution in [0.3, 0.4) is 0 Å². The maximum atomic E-state index is 12.3. The highest BCUT2D eigenvalue weighted by atomic mass is 32.1. The van der Waals surface area contributed by atoms with Gasteiger partial charge in [0.05, 0.1) is 12.2 Å². The summed E-state index contributed by atoms with van der Waals surface area (Å²) in [6.45, 7) is 3.94. The summed E-state index contributed by atoms with van der Waals surface area (Å²) in [5.74, 6) is -0.159. The third kappa shape index (κ3) is 2.82. The number of hydrogen-bond acceptors (Lipinski definition) is 5. The first-order chi connectivity index (χ1) is 10.6. The van der Waals surface area contributed by atoms with E-state index in [2.05, 4.69) is 15.4 Å². The van der Waals surface area contributed by atoms with Gasteiger partial charge < -0.3 is 5.32 Å². The van der Waals surface area contributed by atoms with Gasteiger partial charge in [0.15, 0.2) is 0 Å². The molecule has 0 fully saturated rings. The molecule has 5 nitrogen and oxygen atoms in total. The van der Waals surface area contributed by atoms with Crippen molar-refractivity contribution in [2.75, 3.05) is 0 Å². The van der Waals surface area contributed by atoms with Crippen molar-refractivity contribution in [2.45, 2.75) is 19.9 Å². The lowest BCUT2D eigenvalue weighted by atomic mass is 10.1. The summed E-state index contributed by atoms with van der Waals surface area (Å²) < 4.78 is 1.80. The van der Waals surface area contributed by atoms with E-state index in [1.165, 1.54) is 11.3 Å². The van der Waals surface area contributed by atoms with E-state index in [-0.39, 0.29) is 11.9 Å². The van der Waals surface area contributed by atoms with Gasteiger partial charge in [0.25, 0.3) is 5.91 Å². The van der Waals surface area contributed by atoms with Crippen molar-refractivity contribution in [3.63, 3.8) is 0 Å².